The Balaban J connectivity index is 1.72. The molecular weight excluding hydrogens is 330 g/mol. The number of carbonyl (C=O) groups excluding carboxylic acids is 1. The van der Waals surface area contributed by atoms with Crippen LogP contribution >= 0.6 is 11.8 Å². The van der Waals surface area contributed by atoms with E-state index in [4.69, 9.17) is 5.73 Å². The van der Waals surface area contributed by atoms with Crippen molar-refractivity contribution >= 4 is 23.6 Å². The SMILES string of the molecule is CC(CN)[C@H]1C[C@H](SC2=C(C(=O)O)N3C(=O)[C@H]([C@@H](C)O)[C@H]3C2)CN1. The van der Waals surface area contributed by atoms with Gasteiger partial charge in [0.1, 0.15) is 5.70 Å². The standard InChI is InChI=1S/C16H25N3O4S/c1-7(5-17)10-3-9(6-18-10)24-12-4-11-13(8(2)20)15(21)19(11)14(12)16(22)23/h7-11,13,18,20H,3-6,17H2,1-2H3,(H,22,23)/t7?,8-,9+,10-,11-,13-/m1/s1. The van der Waals surface area contributed by atoms with Gasteiger partial charge in [-0.25, -0.2) is 4.79 Å². The second-order valence-electron chi connectivity index (χ2n) is 7.03. The molecule has 0 aromatic heterocycles. The largest absolute Gasteiger partial charge is 0.477 e. The molecule has 134 valence electrons. The molecule has 0 saturated carbocycles. The zero-order valence-corrected chi connectivity index (χ0v) is 14.8. The topological polar surface area (TPSA) is 116 Å². The lowest BCUT2D eigenvalue weighted by atomic mass is 9.83. The van der Waals surface area contributed by atoms with E-state index in [1.807, 2.05) is 0 Å². The van der Waals surface area contributed by atoms with E-state index >= 15 is 0 Å². The van der Waals surface area contributed by atoms with Gasteiger partial charge in [0.2, 0.25) is 5.91 Å². The summed E-state index contributed by atoms with van der Waals surface area (Å²) in [7, 11) is 0. The molecule has 3 aliphatic heterocycles. The minimum Gasteiger partial charge on any atom is -0.477 e. The van der Waals surface area contributed by atoms with Crippen LogP contribution in [0.15, 0.2) is 10.6 Å². The first-order valence-electron chi connectivity index (χ1n) is 8.42. The number of aliphatic hydroxyl groups is 1. The van der Waals surface area contributed by atoms with Gasteiger partial charge in [-0.3, -0.25) is 4.79 Å². The fourth-order valence-corrected chi connectivity index (χ4v) is 5.41. The number of nitrogens with zero attached hydrogens (tertiary/aromatic N) is 1. The zero-order valence-electron chi connectivity index (χ0n) is 13.9. The van der Waals surface area contributed by atoms with Crippen LogP contribution in [0.3, 0.4) is 0 Å². The number of thioether (sulfide) groups is 1. The Morgan fingerprint density at radius 2 is 2.21 bits per heavy atom. The summed E-state index contributed by atoms with van der Waals surface area (Å²) in [6.07, 6.45) is 0.722. The van der Waals surface area contributed by atoms with Crippen molar-refractivity contribution in [1.82, 2.24) is 10.2 Å². The first-order chi connectivity index (χ1) is 11.3. The van der Waals surface area contributed by atoms with Crippen LogP contribution in [-0.2, 0) is 9.59 Å². The number of hydrogen-bond donors (Lipinski definition) is 4. The molecule has 3 aliphatic rings. The Kier molecular flexibility index (Phi) is 4.92. The van der Waals surface area contributed by atoms with Gasteiger partial charge in [0.15, 0.2) is 0 Å². The van der Waals surface area contributed by atoms with Crippen molar-refractivity contribution in [3.8, 4) is 0 Å². The number of β-lactam (4-membered cyclic amide) rings is 1. The summed E-state index contributed by atoms with van der Waals surface area (Å²) in [5, 5.41) is 23.0. The van der Waals surface area contributed by atoms with E-state index in [1.54, 1.807) is 18.7 Å². The Bertz CT molecular complexity index is 580. The van der Waals surface area contributed by atoms with E-state index in [0.717, 1.165) is 17.9 Å². The third-order valence-electron chi connectivity index (χ3n) is 5.38. The zero-order chi connectivity index (χ0) is 17.6. The lowest BCUT2D eigenvalue weighted by Gasteiger charge is -2.44. The van der Waals surface area contributed by atoms with Gasteiger partial charge in [-0.05, 0) is 25.8 Å². The van der Waals surface area contributed by atoms with Crippen molar-refractivity contribution in [2.75, 3.05) is 13.1 Å². The van der Waals surface area contributed by atoms with E-state index in [0.29, 0.717) is 24.9 Å². The summed E-state index contributed by atoms with van der Waals surface area (Å²) in [5.41, 5.74) is 5.84. The highest BCUT2D eigenvalue weighted by atomic mass is 32.2. The monoisotopic (exact) mass is 355 g/mol. The summed E-state index contributed by atoms with van der Waals surface area (Å²) in [6, 6.07) is 0.144. The van der Waals surface area contributed by atoms with Crippen LogP contribution in [-0.4, -0.2) is 63.5 Å². The number of hydrogen-bond acceptors (Lipinski definition) is 6. The van der Waals surface area contributed by atoms with Crippen molar-refractivity contribution in [2.45, 2.75) is 50.1 Å². The molecule has 0 spiro atoms. The second kappa shape index (κ2) is 6.67. The summed E-state index contributed by atoms with van der Waals surface area (Å²) < 4.78 is 0. The Morgan fingerprint density at radius 1 is 1.50 bits per heavy atom. The van der Waals surface area contributed by atoms with Gasteiger partial charge in [0.05, 0.1) is 18.1 Å². The van der Waals surface area contributed by atoms with Gasteiger partial charge in [0.25, 0.3) is 0 Å². The molecule has 3 heterocycles. The quantitative estimate of drug-likeness (QED) is 0.494. The second-order valence-corrected chi connectivity index (χ2v) is 8.42. The van der Waals surface area contributed by atoms with Crippen molar-refractivity contribution in [3.63, 3.8) is 0 Å². The summed E-state index contributed by atoms with van der Waals surface area (Å²) in [5.74, 6) is -1.44. The fourth-order valence-electron chi connectivity index (χ4n) is 3.96. The maximum absolute atomic E-state index is 12.2. The number of aliphatic carboxylic acids is 1. The average molecular weight is 355 g/mol. The van der Waals surface area contributed by atoms with E-state index < -0.39 is 18.0 Å². The molecule has 0 radical (unpaired) electrons. The number of nitrogens with one attached hydrogen (secondary N) is 1. The maximum Gasteiger partial charge on any atom is 0.353 e. The highest BCUT2D eigenvalue weighted by Crippen LogP contribution is 2.48. The number of carboxylic acids is 1. The molecule has 5 N–H and O–H groups in total. The van der Waals surface area contributed by atoms with Crippen LogP contribution in [0, 0.1) is 11.8 Å². The van der Waals surface area contributed by atoms with Gasteiger partial charge >= 0.3 is 5.97 Å². The molecule has 7 nitrogen and oxygen atoms in total. The lowest BCUT2D eigenvalue weighted by molar-refractivity contribution is -0.161. The lowest BCUT2D eigenvalue weighted by Crippen LogP contribution is -2.61. The van der Waals surface area contributed by atoms with Gasteiger partial charge < -0.3 is 26.2 Å². The molecule has 6 atom stereocenters. The van der Waals surface area contributed by atoms with Crippen LogP contribution in [0.5, 0.6) is 0 Å². The van der Waals surface area contributed by atoms with Gasteiger partial charge in [-0.1, -0.05) is 6.92 Å². The number of carboxylic acid groups (broad SMARTS) is 1. The molecule has 3 rings (SSSR count). The van der Waals surface area contributed by atoms with Crippen LogP contribution in [0.25, 0.3) is 0 Å². The Labute approximate surface area is 145 Å². The maximum atomic E-state index is 12.2. The number of amides is 1. The molecule has 0 bridgehead atoms. The smallest absolute Gasteiger partial charge is 0.353 e. The number of carbonyl (C=O) groups is 2. The Hall–Kier alpha value is -1.09. The van der Waals surface area contributed by atoms with Crippen LogP contribution < -0.4 is 11.1 Å². The molecular formula is C16H25N3O4S. The predicted octanol–water partition coefficient (Wildman–Crippen LogP) is -0.0474. The summed E-state index contributed by atoms with van der Waals surface area (Å²) in [4.78, 5) is 26.0. The molecule has 8 heteroatoms. The number of fused-ring (bicyclic) bond motifs is 1. The van der Waals surface area contributed by atoms with Crippen LogP contribution in [0.4, 0.5) is 0 Å². The first-order valence-corrected chi connectivity index (χ1v) is 9.30. The minimum atomic E-state index is -1.06. The van der Waals surface area contributed by atoms with Gasteiger partial charge in [0, 0.05) is 29.2 Å². The predicted molar refractivity (Wildman–Crippen MR) is 91.1 cm³/mol. The molecule has 24 heavy (non-hydrogen) atoms. The highest BCUT2D eigenvalue weighted by Gasteiger charge is 2.57. The van der Waals surface area contributed by atoms with Gasteiger partial charge in [-0.2, -0.15) is 0 Å². The third-order valence-corrected chi connectivity index (χ3v) is 6.72. The third kappa shape index (κ3) is 2.85. The van der Waals surface area contributed by atoms with E-state index in [1.165, 1.54) is 4.90 Å². The van der Waals surface area contributed by atoms with Crippen LogP contribution in [0.1, 0.15) is 26.7 Å². The van der Waals surface area contributed by atoms with E-state index in [-0.39, 0.29) is 22.9 Å². The highest BCUT2D eigenvalue weighted by molar-refractivity contribution is 8.03. The van der Waals surface area contributed by atoms with E-state index in [9.17, 15) is 19.8 Å². The van der Waals surface area contributed by atoms with Gasteiger partial charge in [-0.15, -0.1) is 11.8 Å². The van der Waals surface area contributed by atoms with E-state index in [2.05, 4.69) is 12.2 Å². The molecule has 2 fully saturated rings. The molecule has 0 aromatic carbocycles. The molecule has 2 saturated heterocycles. The summed E-state index contributed by atoms with van der Waals surface area (Å²) >= 11 is 1.57. The normalized spacial score (nSPS) is 35.0. The fraction of sp³-hybridized carbons (Fsp3) is 0.750. The molecule has 0 aliphatic carbocycles. The van der Waals surface area contributed by atoms with Crippen molar-refractivity contribution in [1.29, 1.82) is 0 Å². The molecule has 0 aromatic rings. The molecule has 1 amide bonds. The van der Waals surface area contributed by atoms with Crippen LogP contribution in [0.2, 0.25) is 0 Å². The molecule has 1 unspecified atom stereocenters. The Morgan fingerprint density at radius 3 is 2.79 bits per heavy atom. The van der Waals surface area contributed by atoms with Crippen molar-refractivity contribution in [3.05, 3.63) is 10.6 Å². The number of nitrogens with two attached hydrogens (primary N) is 1. The average Bonchev–Trinajstić information content (AvgIpc) is 3.09. The van der Waals surface area contributed by atoms with Crippen molar-refractivity contribution < 1.29 is 19.8 Å². The summed E-state index contributed by atoms with van der Waals surface area (Å²) in [6.45, 7) is 5.14. The number of aliphatic hydroxyl groups excluding tert-OH is 1. The minimum absolute atomic E-state index is 0.113. The van der Waals surface area contributed by atoms with Crippen molar-refractivity contribution in [2.24, 2.45) is 17.6 Å². The first kappa shape index (κ1) is 17.7. The number of rotatable bonds is 6.